The van der Waals surface area contributed by atoms with Crippen LogP contribution in [0.4, 0.5) is 0 Å². The Bertz CT molecular complexity index is 472. The molecule has 2 rings (SSSR count). The molecule has 88 valence electrons. The second kappa shape index (κ2) is 5.16. The van der Waals surface area contributed by atoms with Gasteiger partial charge >= 0.3 is 5.69 Å². The molecule has 5 heteroatoms. The van der Waals surface area contributed by atoms with Gasteiger partial charge in [0.05, 0.1) is 3.57 Å². The zero-order chi connectivity index (χ0) is 11.5. The van der Waals surface area contributed by atoms with Crippen molar-refractivity contribution in [3.63, 3.8) is 0 Å². The monoisotopic (exact) mass is 334 g/mol. The first kappa shape index (κ1) is 11.9. The summed E-state index contributed by atoms with van der Waals surface area (Å²) in [5.74, 6) is 0.591. The van der Waals surface area contributed by atoms with Crippen molar-refractivity contribution < 1.29 is 0 Å². The van der Waals surface area contributed by atoms with E-state index < -0.39 is 0 Å². The lowest BCUT2D eigenvalue weighted by Crippen LogP contribution is -2.33. The summed E-state index contributed by atoms with van der Waals surface area (Å²) in [5, 5.41) is 0. The van der Waals surface area contributed by atoms with Gasteiger partial charge in [-0.05, 0) is 41.4 Å². The lowest BCUT2D eigenvalue weighted by atomic mass is 9.89. The molecule has 0 radical (unpaired) electrons. The summed E-state index contributed by atoms with van der Waals surface area (Å²) in [6, 6.07) is 0. The number of aromatic amines is 1. The summed E-state index contributed by atoms with van der Waals surface area (Å²) in [7, 11) is 0. The minimum atomic E-state index is -0.287. The van der Waals surface area contributed by atoms with E-state index in [4.69, 9.17) is 0 Å². The number of aromatic nitrogens is 2. The molecule has 0 aliphatic heterocycles. The van der Waals surface area contributed by atoms with Crippen LogP contribution < -0.4 is 11.2 Å². The molecule has 0 amide bonds. The number of hydrogen-bond donors (Lipinski definition) is 1. The fourth-order valence-corrected chi connectivity index (χ4v) is 2.74. The van der Waals surface area contributed by atoms with Gasteiger partial charge in [0.2, 0.25) is 0 Å². The largest absolute Gasteiger partial charge is 0.328 e. The van der Waals surface area contributed by atoms with E-state index >= 15 is 0 Å². The topological polar surface area (TPSA) is 54.9 Å². The number of hydrogen-bond acceptors (Lipinski definition) is 2. The smallest absolute Gasteiger partial charge is 0.299 e. The van der Waals surface area contributed by atoms with Crippen molar-refractivity contribution >= 4 is 22.6 Å². The Balaban J connectivity index is 2.17. The van der Waals surface area contributed by atoms with Crippen LogP contribution in [0.2, 0.25) is 0 Å². The number of halogens is 1. The molecule has 1 heterocycles. The predicted molar refractivity (Wildman–Crippen MR) is 70.6 cm³/mol. The number of nitrogens with zero attached hydrogens (tertiary/aromatic N) is 1. The molecule has 0 aromatic carbocycles. The molecular formula is C11H15IN2O2. The van der Waals surface area contributed by atoms with E-state index in [0.29, 0.717) is 9.49 Å². The van der Waals surface area contributed by atoms with Crippen molar-refractivity contribution in [1.29, 1.82) is 0 Å². The number of H-pyrrole nitrogens is 1. The van der Waals surface area contributed by atoms with Gasteiger partial charge in [0.1, 0.15) is 0 Å². The van der Waals surface area contributed by atoms with Crippen molar-refractivity contribution in [3.05, 3.63) is 30.6 Å². The molecular weight excluding hydrogens is 319 g/mol. The van der Waals surface area contributed by atoms with Gasteiger partial charge in [-0.3, -0.25) is 14.3 Å². The highest BCUT2D eigenvalue weighted by Crippen LogP contribution is 2.24. The van der Waals surface area contributed by atoms with Crippen molar-refractivity contribution in [2.75, 3.05) is 0 Å². The van der Waals surface area contributed by atoms with E-state index in [2.05, 4.69) is 4.98 Å². The van der Waals surface area contributed by atoms with Crippen LogP contribution in [0.1, 0.15) is 32.1 Å². The molecule has 0 atom stereocenters. The van der Waals surface area contributed by atoms with Crippen LogP contribution in [0.5, 0.6) is 0 Å². The standard InChI is InChI=1S/C11H15IN2O2/c12-9-7-14(11(16)13-10(9)15)6-8-4-2-1-3-5-8/h7-8H,1-6H2,(H,13,15,16). The van der Waals surface area contributed by atoms with Crippen LogP contribution in [-0.4, -0.2) is 9.55 Å². The maximum absolute atomic E-state index is 11.6. The summed E-state index contributed by atoms with van der Waals surface area (Å²) in [5.41, 5.74) is -0.568. The van der Waals surface area contributed by atoms with E-state index in [1.807, 2.05) is 22.6 Å². The van der Waals surface area contributed by atoms with Gasteiger partial charge in [-0.15, -0.1) is 0 Å². The fourth-order valence-electron chi connectivity index (χ4n) is 2.27. The molecule has 1 fully saturated rings. The van der Waals surface area contributed by atoms with Gasteiger partial charge < -0.3 is 0 Å². The Hall–Kier alpha value is -0.590. The highest BCUT2D eigenvalue weighted by Gasteiger charge is 2.14. The van der Waals surface area contributed by atoms with Crippen LogP contribution in [0.3, 0.4) is 0 Å². The zero-order valence-corrected chi connectivity index (χ0v) is 11.2. The van der Waals surface area contributed by atoms with E-state index in [0.717, 1.165) is 6.54 Å². The molecule has 16 heavy (non-hydrogen) atoms. The molecule has 0 spiro atoms. The van der Waals surface area contributed by atoms with E-state index in [9.17, 15) is 9.59 Å². The lowest BCUT2D eigenvalue weighted by Gasteiger charge is -2.22. The Morgan fingerprint density at radius 3 is 2.69 bits per heavy atom. The highest BCUT2D eigenvalue weighted by molar-refractivity contribution is 14.1. The van der Waals surface area contributed by atoms with E-state index in [-0.39, 0.29) is 11.2 Å². The van der Waals surface area contributed by atoms with Crippen molar-refractivity contribution in [3.8, 4) is 0 Å². The Kier molecular flexibility index (Phi) is 3.83. The van der Waals surface area contributed by atoms with Crippen LogP contribution in [0, 0.1) is 9.49 Å². The van der Waals surface area contributed by atoms with Gasteiger partial charge in [0, 0.05) is 12.7 Å². The second-order valence-electron chi connectivity index (χ2n) is 4.39. The molecule has 1 N–H and O–H groups in total. The predicted octanol–water partition coefficient (Wildman–Crippen LogP) is 1.72. The molecule has 1 aliphatic carbocycles. The zero-order valence-electron chi connectivity index (χ0n) is 9.04. The average Bonchev–Trinajstić information content (AvgIpc) is 2.27. The first-order valence-electron chi connectivity index (χ1n) is 5.66. The molecule has 1 aromatic heterocycles. The summed E-state index contributed by atoms with van der Waals surface area (Å²) in [4.78, 5) is 25.1. The summed E-state index contributed by atoms with van der Waals surface area (Å²) in [6.45, 7) is 0.742. The van der Waals surface area contributed by atoms with Gasteiger partial charge in [0.25, 0.3) is 5.56 Å². The SMILES string of the molecule is O=c1[nH]c(=O)n(CC2CCCCC2)cc1I. The molecule has 1 aromatic rings. The third-order valence-corrected chi connectivity index (χ3v) is 3.92. The minimum Gasteiger partial charge on any atom is -0.299 e. The second-order valence-corrected chi connectivity index (χ2v) is 5.55. The normalized spacial score (nSPS) is 17.6. The molecule has 1 saturated carbocycles. The van der Waals surface area contributed by atoms with Gasteiger partial charge in [-0.2, -0.15) is 0 Å². The maximum Gasteiger partial charge on any atom is 0.328 e. The summed E-state index contributed by atoms with van der Waals surface area (Å²) in [6.07, 6.45) is 7.90. The van der Waals surface area contributed by atoms with Crippen molar-refractivity contribution in [1.82, 2.24) is 9.55 Å². The van der Waals surface area contributed by atoms with Gasteiger partial charge in [-0.1, -0.05) is 19.3 Å². The lowest BCUT2D eigenvalue weighted by molar-refractivity contribution is 0.314. The molecule has 0 unspecified atom stereocenters. The van der Waals surface area contributed by atoms with E-state index in [1.165, 1.54) is 32.1 Å². The first-order chi connectivity index (χ1) is 7.66. The Labute approximate surface area is 107 Å². The minimum absolute atomic E-state index is 0.281. The maximum atomic E-state index is 11.6. The van der Waals surface area contributed by atoms with Gasteiger partial charge in [-0.25, -0.2) is 4.79 Å². The fraction of sp³-hybridized carbons (Fsp3) is 0.636. The molecule has 0 saturated heterocycles. The average molecular weight is 334 g/mol. The third-order valence-electron chi connectivity index (χ3n) is 3.15. The molecule has 0 bridgehead atoms. The quantitative estimate of drug-likeness (QED) is 0.838. The van der Waals surface area contributed by atoms with Crippen molar-refractivity contribution in [2.24, 2.45) is 5.92 Å². The summed E-state index contributed by atoms with van der Waals surface area (Å²) >= 11 is 1.96. The molecule has 1 aliphatic rings. The Morgan fingerprint density at radius 2 is 2.00 bits per heavy atom. The first-order valence-corrected chi connectivity index (χ1v) is 6.74. The van der Waals surface area contributed by atoms with E-state index in [1.54, 1.807) is 10.8 Å². The Morgan fingerprint density at radius 1 is 1.31 bits per heavy atom. The summed E-state index contributed by atoms with van der Waals surface area (Å²) < 4.78 is 2.21. The van der Waals surface area contributed by atoms with Gasteiger partial charge in [0.15, 0.2) is 0 Å². The van der Waals surface area contributed by atoms with Crippen LogP contribution >= 0.6 is 22.6 Å². The van der Waals surface area contributed by atoms with Crippen LogP contribution in [-0.2, 0) is 6.54 Å². The highest BCUT2D eigenvalue weighted by atomic mass is 127. The van der Waals surface area contributed by atoms with Crippen molar-refractivity contribution in [2.45, 2.75) is 38.6 Å². The van der Waals surface area contributed by atoms with Crippen LogP contribution in [0.25, 0.3) is 0 Å². The molecule has 4 nitrogen and oxygen atoms in total. The van der Waals surface area contributed by atoms with Crippen LogP contribution in [0.15, 0.2) is 15.8 Å². The third kappa shape index (κ3) is 2.75. The number of rotatable bonds is 2. The number of nitrogens with one attached hydrogen (secondary N) is 1.